The maximum atomic E-state index is 12.0. The third-order valence-corrected chi connectivity index (χ3v) is 3.20. The smallest absolute Gasteiger partial charge is 0.360 e. The molecule has 2 N–H and O–H groups in total. The highest BCUT2D eigenvalue weighted by Crippen LogP contribution is 2.33. The maximum absolute atomic E-state index is 12.0. The highest BCUT2D eigenvalue weighted by molar-refractivity contribution is 6.03. The predicted molar refractivity (Wildman–Crippen MR) is 79.2 cm³/mol. The number of rotatable bonds is 3. The first-order valence-electron chi connectivity index (χ1n) is 6.65. The van der Waals surface area contributed by atoms with Crippen molar-refractivity contribution >= 4 is 16.9 Å². The molecule has 0 bridgehead atoms. The Hall–Kier alpha value is -2.82. The first kappa shape index (κ1) is 13.2. The summed E-state index contributed by atoms with van der Waals surface area (Å²) in [5.41, 5.74) is 2.08. The van der Waals surface area contributed by atoms with Gasteiger partial charge in [-0.05, 0) is 13.0 Å². The molecule has 0 saturated heterocycles. The molecule has 0 spiro atoms. The van der Waals surface area contributed by atoms with Crippen LogP contribution in [0.4, 0.5) is 0 Å². The van der Waals surface area contributed by atoms with Crippen LogP contribution in [0, 0.1) is 0 Å². The molecular formula is C16H14N2O3. The van der Waals surface area contributed by atoms with E-state index in [9.17, 15) is 9.90 Å². The Morgan fingerprint density at radius 1 is 1.29 bits per heavy atom. The quantitative estimate of drug-likeness (QED) is 0.724. The molecule has 0 saturated carbocycles. The normalized spacial score (nSPS) is 10.7. The van der Waals surface area contributed by atoms with Crippen molar-refractivity contribution in [1.29, 1.82) is 0 Å². The molecule has 1 aromatic carbocycles. The van der Waals surface area contributed by atoms with Gasteiger partial charge in [-0.25, -0.2) is 9.78 Å². The van der Waals surface area contributed by atoms with Gasteiger partial charge in [0.2, 0.25) is 0 Å². The first-order chi connectivity index (χ1) is 10.2. The maximum Gasteiger partial charge on any atom is 0.360 e. The lowest BCUT2D eigenvalue weighted by atomic mass is 10.1. The molecule has 0 aliphatic carbocycles. The number of aromatic amines is 1. The number of carbonyl (C=O) groups excluding carboxylic acids is 1. The molecule has 0 fully saturated rings. The fourth-order valence-corrected chi connectivity index (χ4v) is 2.26. The summed E-state index contributed by atoms with van der Waals surface area (Å²) in [5, 5.41) is 10.8. The molecule has 2 aromatic heterocycles. The molecule has 0 unspecified atom stereocenters. The van der Waals surface area contributed by atoms with Crippen molar-refractivity contribution in [2.24, 2.45) is 0 Å². The minimum absolute atomic E-state index is 0.0668. The molecule has 0 aliphatic heterocycles. The van der Waals surface area contributed by atoms with Crippen LogP contribution in [0.2, 0.25) is 0 Å². The second-order valence-electron chi connectivity index (χ2n) is 4.51. The lowest BCUT2D eigenvalue weighted by Gasteiger charge is -2.09. The van der Waals surface area contributed by atoms with E-state index in [0.29, 0.717) is 16.6 Å². The average molecular weight is 282 g/mol. The second kappa shape index (κ2) is 5.28. The van der Waals surface area contributed by atoms with Crippen molar-refractivity contribution in [1.82, 2.24) is 9.97 Å². The van der Waals surface area contributed by atoms with Crippen LogP contribution in [0.25, 0.3) is 22.2 Å². The number of nitrogens with zero attached hydrogens (tertiary/aromatic N) is 1. The van der Waals surface area contributed by atoms with E-state index in [2.05, 4.69) is 9.97 Å². The molecule has 5 heteroatoms. The summed E-state index contributed by atoms with van der Waals surface area (Å²) in [5.74, 6) is -0.792. The van der Waals surface area contributed by atoms with Gasteiger partial charge in [0.25, 0.3) is 0 Å². The number of nitrogens with one attached hydrogen (secondary N) is 1. The van der Waals surface area contributed by atoms with Crippen molar-refractivity contribution < 1.29 is 14.6 Å². The van der Waals surface area contributed by atoms with Crippen molar-refractivity contribution in [2.75, 3.05) is 6.61 Å². The molecule has 0 atom stereocenters. The van der Waals surface area contributed by atoms with Gasteiger partial charge in [0, 0.05) is 17.1 Å². The van der Waals surface area contributed by atoms with E-state index in [0.717, 1.165) is 5.56 Å². The van der Waals surface area contributed by atoms with Crippen molar-refractivity contribution in [3.63, 3.8) is 0 Å². The van der Waals surface area contributed by atoms with Crippen LogP contribution in [0.5, 0.6) is 5.75 Å². The third kappa shape index (κ3) is 2.23. The predicted octanol–water partition coefficient (Wildman–Crippen LogP) is 3.11. The zero-order valence-electron chi connectivity index (χ0n) is 11.5. The van der Waals surface area contributed by atoms with Crippen molar-refractivity contribution in [3.05, 3.63) is 48.3 Å². The minimum Gasteiger partial charge on any atom is -0.505 e. The monoisotopic (exact) mass is 282 g/mol. The van der Waals surface area contributed by atoms with E-state index in [1.807, 2.05) is 30.3 Å². The summed E-state index contributed by atoms with van der Waals surface area (Å²) in [7, 11) is 0. The van der Waals surface area contributed by atoms with E-state index in [1.165, 1.54) is 0 Å². The van der Waals surface area contributed by atoms with E-state index < -0.39 is 5.97 Å². The Bertz CT molecular complexity index is 794. The molecule has 3 rings (SSSR count). The van der Waals surface area contributed by atoms with E-state index in [4.69, 9.17) is 4.74 Å². The zero-order chi connectivity index (χ0) is 14.8. The number of esters is 1. The number of carbonyl (C=O) groups is 1. The molecule has 0 radical (unpaired) electrons. The summed E-state index contributed by atoms with van der Waals surface area (Å²) in [6, 6.07) is 11.2. The fourth-order valence-electron chi connectivity index (χ4n) is 2.26. The number of H-pyrrole nitrogens is 1. The Morgan fingerprint density at radius 2 is 2.05 bits per heavy atom. The van der Waals surface area contributed by atoms with Gasteiger partial charge in [-0.1, -0.05) is 30.3 Å². The average Bonchev–Trinajstić information content (AvgIpc) is 2.99. The molecular weight excluding hydrogens is 268 g/mol. The number of hydrogen-bond acceptors (Lipinski definition) is 4. The van der Waals surface area contributed by atoms with E-state index in [1.54, 1.807) is 19.2 Å². The highest BCUT2D eigenvalue weighted by Gasteiger charge is 2.21. The van der Waals surface area contributed by atoms with Crippen LogP contribution in [0.3, 0.4) is 0 Å². The zero-order valence-corrected chi connectivity index (χ0v) is 11.5. The fraction of sp³-hybridized carbons (Fsp3) is 0.125. The lowest BCUT2D eigenvalue weighted by molar-refractivity contribution is 0.0516. The van der Waals surface area contributed by atoms with Crippen LogP contribution in [-0.2, 0) is 4.74 Å². The Balaban J connectivity index is 2.27. The molecule has 106 valence electrons. The number of aromatic nitrogens is 2. The van der Waals surface area contributed by atoms with E-state index >= 15 is 0 Å². The van der Waals surface area contributed by atoms with Gasteiger partial charge in [-0.3, -0.25) is 0 Å². The third-order valence-electron chi connectivity index (χ3n) is 3.20. The Kier molecular flexibility index (Phi) is 3.31. The molecule has 21 heavy (non-hydrogen) atoms. The summed E-state index contributed by atoms with van der Waals surface area (Å²) in [6.45, 7) is 1.94. The van der Waals surface area contributed by atoms with Gasteiger partial charge in [0.15, 0.2) is 11.4 Å². The van der Waals surface area contributed by atoms with Gasteiger partial charge in [0.1, 0.15) is 0 Å². The number of benzene rings is 1. The summed E-state index contributed by atoms with van der Waals surface area (Å²) in [6.07, 6.45) is 1.70. The number of hydrogen-bond donors (Lipinski definition) is 2. The largest absolute Gasteiger partial charge is 0.505 e. The standard InChI is InChI=1S/C16H14N2O3/c1-2-21-16(20)14-15(19)11-8-9-17-13(11)12(18-14)10-6-4-3-5-7-10/h3-9,17,19H,2H2,1H3. The SMILES string of the molecule is CCOC(=O)c1nc(-c2ccccc2)c2[nH]ccc2c1O. The number of ether oxygens (including phenoxy) is 1. The van der Waals surface area contributed by atoms with Gasteiger partial charge < -0.3 is 14.8 Å². The molecule has 0 amide bonds. The number of fused-ring (bicyclic) bond motifs is 1. The van der Waals surface area contributed by atoms with Gasteiger partial charge in [-0.2, -0.15) is 0 Å². The lowest BCUT2D eigenvalue weighted by Crippen LogP contribution is -2.08. The topological polar surface area (TPSA) is 75.2 Å². The van der Waals surface area contributed by atoms with Crippen LogP contribution in [0.15, 0.2) is 42.6 Å². The van der Waals surface area contributed by atoms with Crippen LogP contribution >= 0.6 is 0 Å². The summed E-state index contributed by atoms with van der Waals surface area (Å²) < 4.78 is 4.95. The first-order valence-corrected chi connectivity index (χ1v) is 6.65. The van der Waals surface area contributed by atoms with Crippen molar-refractivity contribution in [3.8, 4) is 17.0 Å². The Morgan fingerprint density at radius 3 is 2.76 bits per heavy atom. The Labute approximate surface area is 121 Å². The van der Waals surface area contributed by atoms with Crippen molar-refractivity contribution in [2.45, 2.75) is 6.92 Å². The van der Waals surface area contributed by atoms with Crippen LogP contribution < -0.4 is 0 Å². The summed E-state index contributed by atoms with van der Waals surface area (Å²) in [4.78, 5) is 19.3. The van der Waals surface area contributed by atoms with Gasteiger partial charge in [0.05, 0.1) is 17.8 Å². The van der Waals surface area contributed by atoms with Crippen LogP contribution in [-0.4, -0.2) is 27.7 Å². The molecule has 5 nitrogen and oxygen atoms in total. The molecule has 2 heterocycles. The summed E-state index contributed by atoms with van der Waals surface area (Å²) >= 11 is 0. The van der Waals surface area contributed by atoms with Gasteiger partial charge in [-0.15, -0.1) is 0 Å². The number of pyridine rings is 1. The number of aromatic hydroxyl groups is 1. The molecule has 0 aliphatic rings. The van der Waals surface area contributed by atoms with E-state index in [-0.39, 0.29) is 18.1 Å². The van der Waals surface area contributed by atoms with Gasteiger partial charge >= 0.3 is 5.97 Å². The molecule has 3 aromatic rings. The minimum atomic E-state index is -0.629. The highest BCUT2D eigenvalue weighted by atomic mass is 16.5. The van der Waals surface area contributed by atoms with Crippen LogP contribution in [0.1, 0.15) is 17.4 Å². The second-order valence-corrected chi connectivity index (χ2v) is 4.51.